The Morgan fingerprint density at radius 3 is 3.00 bits per heavy atom. The third-order valence-electron chi connectivity index (χ3n) is 3.24. The van der Waals surface area contributed by atoms with E-state index < -0.39 is 5.97 Å². The predicted octanol–water partition coefficient (Wildman–Crippen LogP) is 2.59. The van der Waals surface area contributed by atoms with Crippen LogP contribution in [0.5, 0.6) is 0 Å². The highest BCUT2D eigenvalue weighted by atomic mass is 79.9. The van der Waals surface area contributed by atoms with Crippen LogP contribution in [-0.4, -0.2) is 22.6 Å². The molecular formula is C15H11BrN2O4. The molecule has 0 radical (unpaired) electrons. The van der Waals surface area contributed by atoms with Crippen molar-refractivity contribution in [1.29, 1.82) is 0 Å². The molecule has 0 unspecified atom stereocenters. The lowest BCUT2D eigenvalue weighted by atomic mass is 10.2. The molecule has 0 aliphatic heterocycles. The number of carbonyl (C=O) groups excluding carboxylic acids is 1. The minimum atomic E-state index is -0.579. The van der Waals surface area contributed by atoms with Crippen molar-refractivity contribution < 1.29 is 13.9 Å². The van der Waals surface area contributed by atoms with Gasteiger partial charge in [0.15, 0.2) is 0 Å². The molecule has 3 aromatic rings. The van der Waals surface area contributed by atoms with Crippen LogP contribution in [0.25, 0.3) is 10.9 Å². The molecule has 7 heteroatoms. The first-order chi connectivity index (χ1) is 10.6. The Balaban J connectivity index is 2.05. The van der Waals surface area contributed by atoms with E-state index in [-0.39, 0.29) is 17.9 Å². The number of methoxy groups -OCH3 is 1. The zero-order valence-corrected chi connectivity index (χ0v) is 13.2. The van der Waals surface area contributed by atoms with E-state index in [1.54, 1.807) is 18.2 Å². The first kappa shape index (κ1) is 14.5. The average molecular weight is 363 g/mol. The highest BCUT2D eigenvalue weighted by Crippen LogP contribution is 2.16. The summed E-state index contributed by atoms with van der Waals surface area (Å²) in [5.41, 5.74) is 0.984. The number of ether oxygens (including phenoxy) is 1. The molecule has 6 nitrogen and oxygen atoms in total. The lowest BCUT2D eigenvalue weighted by molar-refractivity contribution is 0.0563. The standard InChI is InChI=1S/C15H11BrN2O4/c1-21-15(20)13-9(4-5-22-13)7-18-8-17-12-3-2-10(16)6-11(12)14(18)19/h2-6,8H,7H2,1H3. The lowest BCUT2D eigenvalue weighted by Gasteiger charge is -2.06. The van der Waals surface area contributed by atoms with Gasteiger partial charge < -0.3 is 9.15 Å². The van der Waals surface area contributed by atoms with Gasteiger partial charge in [-0.1, -0.05) is 15.9 Å². The molecule has 0 spiro atoms. The highest BCUT2D eigenvalue weighted by Gasteiger charge is 2.17. The quantitative estimate of drug-likeness (QED) is 0.669. The Bertz CT molecular complexity index is 913. The van der Waals surface area contributed by atoms with Crippen LogP contribution in [0.15, 0.2) is 50.5 Å². The molecule has 0 saturated carbocycles. The smallest absolute Gasteiger partial charge is 0.374 e. The topological polar surface area (TPSA) is 74.3 Å². The van der Waals surface area contributed by atoms with E-state index in [1.807, 2.05) is 6.07 Å². The third-order valence-corrected chi connectivity index (χ3v) is 3.74. The van der Waals surface area contributed by atoms with Gasteiger partial charge in [0, 0.05) is 10.0 Å². The minimum absolute atomic E-state index is 0.0868. The van der Waals surface area contributed by atoms with Gasteiger partial charge in [-0.2, -0.15) is 0 Å². The molecule has 3 rings (SSSR count). The molecule has 0 aliphatic rings. The molecule has 0 N–H and O–H groups in total. The number of benzene rings is 1. The van der Waals surface area contributed by atoms with Gasteiger partial charge in [0.05, 0.1) is 37.1 Å². The van der Waals surface area contributed by atoms with E-state index in [2.05, 4.69) is 25.7 Å². The Kier molecular flexibility index (Phi) is 3.81. The number of fused-ring (bicyclic) bond motifs is 1. The van der Waals surface area contributed by atoms with Crippen LogP contribution < -0.4 is 5.56 Å². The second kappa shape index (κ2) is 5.76. The molecule has 0 aliphatic carbocycles. The summed E-state index contributed by atoms with van der Waals surface area (Å²) < 4.78 is 12.0. The molecule has 0 amide bonds. The Morgan fingerprint density at radius 2 is 2.23 bits per heavy atom. The van der Waals surface area contributed by atoms with Gasteiger partial charge in [0.25, 0.3) is 5.56 Å². The molecule has 0 atom stereocenters. The number of hydrogen-bond acceptors (Lipinski definition) is 5. The minimum Gasteiger partial charge on any atom is -0.463 e. The van der Waals surface area contributed by atoms with E-state index in [0.29, 0.717) is 16.5 Å². The van der Waals surface area contributed by atoms with Crippen LogP contribution in [0, 0.1) is 0 Å². The summed E-state index contributed by atoms with van der Waals surface area (Å²) in [4.78, 5) is 28.4. The molecular weight excluding hydrogens is 352 g/mol. The van der Waals surface area contributed by atoms with Crippen molar-refractivity contribution in [2.75, 3.05) is 7.11 Å². The second-order valence-electron chi connectivity index (χ2n) is 4.61. The van der Waals surface area contributed by atoms with Gasteiger partial charge in [-0.05, 0) is 24.3 Å². The van der Waals surface area contributed by atoms with Gasteiger partial charge in [0.1, 0.15) is 0 Å². The van der Waals surface area contributed by atoms with Crippen LogP contribution >= 0.6 is 15.9 Å². The fraction of sp³-hybridized carbons (Fsp3) is 0.133. The molecule has 22 heavy (non-hydrogen) atoms. The number of hydrogen-bond donors (Lipinski definition) is 0. The third kappa shape index (κ3) is 2.55. The largest absolute Gasteiger partial charge is 0.463 e. The van der Waals surface area contributed by atoms with Gasteiger partial charge in [-0.3, -0.25) is 9.36 Å². The predicted molar refractivity (Wildman–Crippen MR) is 82.9 cm³/mol. The lowest BCUT2D eigenvalue weighted by Crippen LogP contribution is -2.21. The Morgan fingerprint density at radius 1 is 1.41 bits per heavy atom. The first-order valence-corrected chi connectivity index (χ1v) is 7.19. The summed E-state index contributed by atoms with van der Waals surface area (Å²) in [7, 11) is 1.27. The maximum atomic E-state index is 12.5. The van der Waals surface area contributed by atoms with Gasteiger partial charge in [-0.25, -0.2) is 9.78 Å². The highest BCUT2D eigenvalue weighted by molar-refractivity contribution is 9.10. The van der Waals surface area contributed by atoms with Crippen LogP contribution in [-0.2, 0) is 11.3 Å². The normalized spacial score (nSPS) is 10.8. The molecule has 1 aromatic carbocycles. The maximum Gasteiger partial charge on any atom is 0.374 e. The Hall–Kier alpha value is -2.41. The Labute approximate surface area is 133 Å². The van der Waals surface area contributed by atoms with Gasteiger partial charge in [0.2, 0.25) is 5.76 Å². The van der Waals surface area contributed by atoms with Crippen molar-refractivity contribution in [3.8, 4) is 0 Å². The number of halogens is 1. The average Bonchev–Trinajstić information content (AvgIpc) is 2.98. The summed E-state index contributed by atoms with van der Waals surface area (Å²) in [6.45, 7) is 0.176. The monoisotopic (exact) mass is 362 g/mol. The molecule has 112 valence electrons. The van der Waals surface area contributed by atoms with E-state index in [1.165, 1.54) is 24.3 Å². The summed E-state index contributed by atoms with van der Waals surface area (Å²) in [5.74, 6) is -0.492. The number of nitrogens with zero attached hydrogens (tertiary/aromatic N) is 2. The molecule has 0 saturated heterocycles. The van der Waals surface area contributed by atoms with Crippen molar-refractivity contribution in [1.82, 2.24) is 9.55 Å². The summed E-state index contributed by atoms with van der Waals surface area (Å²) >= 11 is 3.34. The fourth-order valence-corrected chi connectivity index (χ4v) is 2.52. The number of carbonyl (C=O) groups is 1. The van der Waals surface area contributed by atoms with Crippen molar-refractivity contribution in [3.05, 3.63) is 63.0 Å². The number of esters is 1. The molecule has 2 heterocycles. The maximum absolute atomic E-state index is 12.5. The van der Waals surface area contributed by atoms with Crippen molar-refractivity contribution in [2.24, 2.45) is 0 Å². The summed E-state index contributed by atoms with van der Waals surface area (Å²) in [6.07, 6.45) is 2.84. The summed E-state index contributed by atoms with van der Waals surface area (Å²) in [6, 6.07) is 6.94. The van der Waals surface area contributed by atoms with Gasteiger partial charge in [-0.15, -0.1) is 0 Å². The van der Waals surface area contributed by atoms with Crippen molar-refractivity contribution in [2.45, 2.75) is 6.54 Å². The zero-order chi connectivity index (χ0) is 15.7. The van der Waals surface area contributed by atoms with Crippen LogP contribution in [0.3, 0.4) is 0 Å². The fourth-order valence-electron chi connectivity index (χ4n) is 2.16. The van der Waals surface area contributed by atoms with Crippen LogP contribution in [0.1, 0.15) is 16.1 Å². The van der Waals surface area contributed by atoms with E-state index >= 15 is 0 Å². The SMILES string of the molecule is COC(=O)c1occc1Cn1cnc2ccc(Br)cc2c1=O. The zero-order valence-electron chi connectivity index (χ0n) is 11.6. The number of furan rings is 1. The summed E-state index contributed by atoms with van der Waals surface area (Å²) in [5, 5.41) is 0.500. The molecule has 0 fully saturated rings. The van der Waals surface area contributed by atoms with Crippen LogP contribution in [0.4, 0.5) is 0 Å². The van der Waals surface area contributed by atoms with Crippen molar-refractivity contribution >= 4 is 32.8 Å². The second-order valence-corrected chi connectivity index (χ2v) is 5.52. The van der Waals surface area contributed by atoms with E-state index in [0.717, 1.165) is 4.47 Å². The molecule has 0 bridgehead atoms. The molecule has 2 aromatic heterocycles. The van der Waals surface area contributed by atoms with E-state index in [9.17, 15) is 9.59 Å². The number of aromatic nitrogens is 2. The van der Waals surface area contributed by atoms with Gasteiger partial charge >= 0.3 is 5.97 Å². The van der Waals surface area contributed by atoms with Crippen molar-refractivity contribution in [3.63, 3.8) is 0 Å². The first-order valence-electron chi connectivity index (χ1n) is 6.39. The van der Waals surface area contributed by atoms with Crippen LogP contribution in [0.2, 0.25) is 0 Å². The number of rotatable bonds is 3. The van der Waals surface area contributed by atoms with E-state index in [4.69, 9.17) is 4.42 Å².